The van der Waals surface area contributed by atoms with Crippen LogP contribution >= 0.6 is 0 Å². The zero-order valence-corrected chi connectivity index (χ0v) is 13.1. The Balaban J connectivity index is 1.96. The van der Waals surface area contributed by atoms with Crippen molar-refractivity contribution in [3.05, 3.63) is 46.0 Å². The van der Waals surface area contributed by atoms with Gasteiger partial charge in [-0.2, -0.15) is 0 Å². The number of halogens is 1. The topological polar surface area (TPSA) is 65.2 Å². The monoisotopic (exact) mass is 317 g/mol. The molecule has 0 spiro atoms. The smallest absolute Gasteiger partial charge is 0.254 e. The molecule has 2 N–H and O–H groups in total. The van der Waals surface area contributed by atoms with Crippen molar-refractivity contribution >= 4 is 16.8 Å². The van der Waals surface area contributed by atoms with Crippen LogP contribution in [0, 0.1) is 11.7 Å². The van der Waals surface area contributed by atoms with Crippen molar-refractivity contribution in [3.8, 4) is 0 Å². The summed E-state index contributed by atoms with van der Waals surface area (Å²) in [4.78, 5) is 29.0. The predicted octanol–water partition coefficient (Wildman–Crippen LogP) is 1.74. The van der Waals surface area contributed by atoms with E-state index in [9.17, 15) is 14.0 Å². The molecule has 3 rings (SSSR count). The maximum Gasteiger partial charge on any atom is 0.254 e. The van der Waals surface area contributed by atoms with E-state index in [4.69, 9.17) is 0 Å². The minimum atomic E-state index is -0.440. The van der Waals surface area contributed by atoms with Crippen LogP contribution in [0.5, 0.6) is 0 Å². The lowest BCUT2D eigenvalue weighted by atomic mass is 9.97. The van der Waals surface area contributed by atoms with Crippen LogP contribution in [0.4, 0.5) is 4.39 Å². The first kappa shape index (κ1) is 15.7. The van der Waals surface area contributed by atoms with Gasteiger partial charge in [0, 0.05) is 24.5 Å². The first-order valence-corrected chi connectivity index (χ1v) is 7.85. The van der Waals surface area contributed by atoms with E-state index in [1.165, 1.54) is 18.2 Å². The second-order valence-electron chi connectivity index (χ2n) is 6.05. The highest BCUT2D eigenvalue weighted by atomic mass is 19.1. The minimum Gasteiger partial charge on any atom is -0.338 e. The molecule has 0 saturated carbocycles. The summed E-state index contributed by atoms with van der Waals surface area (Å²) in [6.07, 6.45) is 2.04. The standard InChI is InChI=1S/C17H20FN3O2/c1-19-9-11-3-2-6-21(10-11)17(23)14-8-16(22)20-15-7-12(18)4-5-13(14)15/h4-5,7-8,11,19H,2-3,6,9-10H2,1H3,(H,20,22). The number of nitrogens with zero attached hydrogens (tertiary/aromatic N) is 1. The van der Waals surface area contributed by atoms with E-state index in [2.05, 4.69) is 10.3 Å². The highest BCUT2D eigenvalue weighted by Gasteiger charge is 2.25. The molecule has 1 aliphatic heterocycles. The number of likely N-dealkylation sites (tertiary alicyclic amines) is 1. The number of rotatable bonds is 3. The summed E-state index contributed by atoms with van der Waals surface area (Å²) < 4.78 is 13.4. The van der Waals surface area contributed by atoms with Gasteiger partial charge in [-0.25, -0.2) is 4.39 Å². The summed E-state index contributed by atoms with van der Waals surface area (Å²) in [7, 11) is 1.90. The van der Waals surface area contributed by atoms with Gasteiger partial charge >= 0.3 is 0 Å². The molecule has 1 amide bonds. The van der Waals surface area contributed by atoms with Gasteiger partial charge in [0.05, 0.1) is 11.1 Å². The molecule has 2 heterocycles. The number of amides is 1. The first-order valence-electron chi connectivity index (χ1n) is 7.85. The van der Waals surface area contributed by atoms with Gasteiger partial charge < -0.3 is 15.2 Å². The third kappa shape index (κ3) is 3.27. The summed E-state index contributed by atoms with van der Waals surface area (Å²) in [5, 5.41) is 3.72. The molecule has 0 aliphatic carbocycles. The van der Waals surface area contributed by atoms with Crippen molar-refractivity contribution in [3.63, 3.8) is 0 Å². The Hall–Kier alpha value is -2.21. The number of nitrogens with one attached hydrogen (secondary N) is 2. The molecule has 23 heavy (non-hydrogen) atoms. The van der Waals surface area contributed by atoms with Gasteiger partial charge in [0.2, 0.25) is 5.56 Å². The van der Waals surface area contributed by atoms with Crippen LogP contribution in [0.15, 0.2) is 29.1 Å². The third-order valence-electron chi connectivity index (χ3n) is 4.33. The Morgan fingerprint density at radius 1 is 1.43 bits per heavy atom. The van der Waals surface area contributed by atoms with Crippen molar-refractivity contribution < 1.29 is 9.18 Å². The van der Waals surface area contributed by atoms with Crippen molar-refractivity contribution in [1.29, 1.82) is 0 Å². The lowest BCUT2D eigenvalue weighted by Gasteiger charge is -2.33. The first-order chi connectivity index (χ1) is 11.1. The second kappa shape index (κ2) is 6.50. The number of aromatic amines is 1. The van der Waals surface area contributed by atoms with Gasteiger partial charge in [0.25, 0.3) is 5.91 Å². The van der Waals surface area contributed by atoms with Crippen molar-refractivity contribution in [1.82, 2.24) is 15.2 Å². The van der Waals surface area contributed by atoms with E-state index in [-0.39, 0.29) is 5.91 Å². The molecule has 5 nitrogen and oxygen atoms in total. The van der Waals surface area contributed by atoms with Gasteiger partial charge in [-0.3, -0.25) is 9.59 Å². The summed E-state index contributed by atoms with van der Waals surface area (Å²) in [5.74, 6) is -0.179. The third-order valence-corrected chi connectivity index (χ3v) is 4.33. The van der Waals surface area contributed by atoms with Crippen LogP contribution in [-0.4, -0.2) is 42.5 Å². The largest absolute Gasteiger partial charge is 0.338 e. The van der Waals surface area contributed by atoms with Crippen LogP contribution < -0.4 is 10.9 Å². The van der Waals surface area contributed by atoms with Gasteiger partial charge in [-0.15, -0.1) is 0 Å². The normalized spacial score (nSPS) is 18.3. The fourth-order valence-electron chi connectivity index (χ4n) is 3.28. The SMILES string of the molecule is CNCC1CCCN(C(=O)c2cc(=O)[nH]c3cc(F)ccc23)C1. The number of benzene rings is 1. The number of hydrogen-bond donors (Lipinski definition) is 2. The summed E-state index contributed by atoms with van der Waals surface area (Å²) in [5.41, 5.74) is 0.300. The van der Waals surface area contributed by atoms with Gasteiger partial charge in [0.15, 0.2) is 0 Å². The molecule has 0 bridgehead atoms. The minimum absolute atomic E-state index is 0.159. The quantitative estimate of drug-likeness (QED) is 0.906. The molecule has 1 aliphatic rings. The van der Waals surface area contributed by atoms with Crippen LogP contribution in [0.3, 0.4) is 0 Å². The van der Waals surface area contributed by atoms with Crippen molar-refractivity contribution in [2.24, 2.45) is 5.92 Å². The molecule has 1 saturated heterocycles. The molecular weight excluding hydrogens is 297 g/mol. The molecule has 6 heteroatoms. The fraction of sp³-hybridized carbons (Fsp3) is 0.412. The zero-order valence-electron chi connectivity index (χ0n) is 13.1. The maximum absolute atomic E-state index is 13.4. The Morgan fingerprint density at radius 2 is 2.26 bits per heavy atom. The van der Waals surface area contributed by atoms with Crippen LogP contribution in [0.2, 0.25) is 0 Å². The van der Waals surface area contributed by atoms with E-state index in [0.29, 0.717) is 35.5 Å². The molecule has 1 fully saturated rings. The van der Waals surface area contributed by atoms with Crippen LogP contribution in [0.25, 0.3) is 10.9 Å². The summed E-state index contributed by atoms with van der Waals surface area (Å²) >= 11 is 0. The van der Waals surface area contributed by atoms with Crippen LogP contribution in [-0.2, 0) is 0 Å². The number of aromatic nitrogens is 1. The molecule has 1 aromatic carbocycles. The average molecular weight is 317 g/mol. The molecule has 1 atom stereocenters. The number of piperidine rings is 1. The zero-order chi connectivity index (χ0) is 16.4. The Kier molecular flexibility index (Phi) is 4.43. The van der Waals surface area contributed by atoms with Crippen molar-refractivity contribution in [2.45, 2.75) is 12.8 Å². The highest BCUT2D eigenvalue weighted by Crippen LogP contribution is 2.22. The van der Waals surface area contributed by atoms with E-state index in [1.54, 1.807) is 11.0 Å². The van der Waals surface area contributed by atoms with Crippen LogP contribution in [0.1, 0.15) is 23.2 Å². The second-order valence-corrected chi connectivity index (χ2v) is 6.05. The Labute approximate surface area is 133 Å². The van der Waals surface area contributed by atoms with E-state index in [0.717, 1.165) is 19.4 Å². The molecule has 2 aromatic rings. The van der Waals surface area contributed by atoms with E-state index in [1.807, 2.05) is 7.05 Å². The van der Waals surface area contributed by atoms with E-state index < -0.39 is 11.4 Å². The van der Waals surface area contributed by atoms with Crippen molar-refractivity contribution in [2.75, 3.05) is 26.7 Å². The number of carbonyl (C=O) groups excluding carboxylic acids is 1. The summed E-state index contributed by atoms with van der Waals surface area (Å²) in [6.45, 7) is 2.23. The Morgan fingerprint density at radius 3 is 3.04 bits per heavy atom. The van der Waals surface area contributed by atoms with Gasteiger partial charge in [-0.05, 0) is 50.6 Å². The predicted molar refractivity (Wildman–Crippen MR) is 87.1 cm³/mol. The average Bonchev–Trinajstić information content (AvgIpc) is 2.53. The lowest BCUT2D eigenvalue weighted by Crippen LogP contribution is -2.42. The highest BCUT2D eigenvalue weighted by molar-refractivity contribution is 6.06. The van der Waals surface area contributed by atoms with Gasteiger partial charge in [0.1, 0.15) is 5.82 Å². The summed E-state index contributed by atoms with van der Waals surface area (Å²) in [6, 6.07) is 5.40. The number of fused-ring (bicyclic) bond motifs is 1. The molecular formula is C17H20FN3O2. The van der Waals surface area contributed by atoms with Gasteiger partial charge in [-0.1, -0.05) is 0 Å². The molecule has 122 valence electrons. The number of H-pyrrole nitrogens is 1. The molecule has 1 aromatic heterocycles. The molecule has 1 unspecified atom stereocenters. The lowest BCUT2D eigenvalue weighted by molar-refractivity contribution is 0.0676. The number of hydrogen-bond acceptors (Lipinski definition) is 3. The Bertz CT molecular complexity index is 785. The number of pyridine rings is 1. The molecule has 0 radical (unpaired) electrons. The number of carbonyl (C=O) groups is 1. The van der Waals surface area contributed by atoms with E-state index >= 15 is 0 Å². The maximum atomic E-state index is 13.4. The fourth-order valence-corrected chi connectivity index (χ4v) is 3.28.